The SMILES string of the molecule is C=C(C)N=C/C(O)=C\C. The highest BCUT2D eigenvalue weighted by molar-refractivity contribution is 5.75. The first kappa shape index (κ1) is 7.95. The van der Waals surface area contributed by atoms with Gasteiger partial charge in [-0.2, -0.15) is 0 Å². The van der Waals surface area contributed by atoms with E-state index in [0.717, 1.165) is 0 Å². The van der Waals surface area contributed by atoms with Crippen molar-refractivity contribution in [1.82, 2.24) is 0 Å². The molecule has 0 atom stereocenters. The lowest BCUT2D eigenvalue weighted by Gasteiger charge is -1.86. The largest absolute Gasteiger partial charge is 0.507 e. The zero-order valence-corrected chi connectivity index (χ0v) is 5.76. The third-order valence-corrected chi connectivity index (χ3v) is 0.713. The highest BCUT2D eigenvalue weighted by Gasteiger charge is 1.79. The molecule has 0 heterocycles. The standard InChI is InChI=1S/C7H11NO/c1-4-7(9)5-8-6(2)3/h4-5,9H,2H2,1,3H3/b7-4+,8-5?. The Bertz CT molecular complexity index is 156. The average molecular weight is 125 g/mol. The summed E-state index contributed by atoms with van der Waals surface area (Å²) in [6.07, 6.45) is 2.93. The van der Waals surface area contributed by atoms with Crippen molar-refractivity contribution in [3.05, 3.63) is 24.1 Å². The Labute approximate surface area is 55.2 Å². The maximum atomic E-state index is 8.78. The quantitative estimate of drug-likeness (QED) is 0.444. The van der Waals surface area contributed by atoms with Crippen molar-refractivity contribution in [1.29, 1.82) is 0 Å². The number of aliphatic hydroxyl groups excluding tert-OH is 1. The van der Waals surface area contributed by atoms with Gasteiger partial charge in [-0.1, -0.05) is 6.58 Å². The minimum absolute atomic E-state index is 0.165. The van der Waals surface area contributed by atoms with E-state index in [4.69, 9.17) is 5.11 Å². The van der Waals surface area contributed by atoms with E-state index in [1.54, 1.807) is 19.9 Å². The maximum Gasteiger partial charge on any atom is 0.129 e. The van der Waals surface area contributed by atoms with Crippen LogP contribution in [0.3, 0.4) is 0 Å². The van der Waals surface area contributed by atoms with Crippen LogP contribution in [0.2, 0.25) is 0 Å². The van der Waals surface area contributed by atoms with Crippen molar-refractivity contribution in [2.24, 2.45) is 4.99 Å². The molecule has 0 saturated heterocycles. The first-order valence-electron chi connectivity index (χ1n) is 2.71. The number of nitrogens with zero attached hydrogens (tertiary/aromatic N) is 1. The van der Waals surface area contributed by atoms with Crippen LogP contribution in [0.15, 0.2) is 29.1 Å². The van der Waals surface area contributed by atoms with Gasteiger partial charge in [-0.05, 0) is 19.9 Å². The summed E-state index contributed by atoms with van der Waals surface area (Å²) in [5.74, 6) is 0.165. The summed E-state index contributed by atoms with van der Waals surface area (Å²) < 4.78 is 0. The second kappa shape index (κ2) is 3.89. The van der Waals surface area contributed by atoms with Gasteiger partial charge in [0.05, 0.1) is 6.21 Å². The van der Waals surface area contributed by atoms with Gasteiger partial charge in [0, 0.05) is 5.70 Å². The first-order valence-corrected chi connectivity index (χ1v) is 2.71. The lowest BCUT2D eigenvalue weighted by molar-refractivity contribution is 0.445. The summed E-state index contributed by atoms with van der Waals surface area (Å²) in [5, 5.41) is 8.78. The number of aliphatic imine (C=N–C) groups is 1. The van der Waals surface area contributed by atoms with Crippen LogP contribution in [0.5, 0.6) is 0 Å². The predicted octanol–water partition coefficient (Wildman–Crippen LogP) is 2.05. The van der Waals surface area contributed by atoms with Crippen LogP contribution in [0.1, 0.15) is 13.8 Å². The molecule has 0 unspecified atom stereocenters. The van der Waals surface area contributed by atoms with Gasteiger partial charge in [0.25, 0.3) is 0 Å². The lowest BCUT2D eigenvalue weighted by Crippen LogP contribution is -1.79. The molecule has 1 N–H and O–H groups in total. The van der Waals surface area contributed by atoms with Crippen LogP contribution in [0.25, 0.3) is 0 Å². The molecule has 0 spiro atoms. The zero-order chi connectivity index (χ0) is 7.28. The molecule has 0 amide bonds. The molecule has 0 radical (unpaired) electrons. The van der Waals surface area contributed by atoms with Gasteiger partial charge in [-0.3, -0.25) is 4.99 Å². The summed E-state index contributed by atoms with van der Waals surface area (Å²) in [5.41, 5.74) is 0.684. The Kier molecular flexibility index (Phi) is 3.44. The molecule has 0 aromatic carbocycles. The number of hydrogen-bond acceptors (Lipinski definition) is 2. The predicted molar refractivity (Wildman–Crippen MR) is 39.7 cm³/mol. The Morgan fingerprint density at radius 3 is 2.56 bits per heavy atom. The molecule has 0 aliphatic rings. The molecule has 0 aromatic heterocycles. The fraction of sp³-hybridized carbons (Fsp3) is 0.286. The van der Waals surface area contributed by atoms with Crippen molar-refractivity contribution in [2.75, 3.05) is 0 Å². The Hall–Kier alpha value is -1.05. The molecule has 50 valence electrons. The Morgan fingerprint density at radius 1 is 1.67 bits per heavy atom. The van der Waals surface area contributed by atoms with Crippen LogP contribution in [0.4, 0.5) is 0 Å². The van der Waals surface area contributed by atoms with Crippen molar-refractivity contribution in [2.45, 2.75) is 13.8 Å². The highest BCUT2D eigenvalue weighted by atomic mass is 16.3. The molecule has 2 heteroatoms. The summed E-state index contributed by atoms with van der Waals surface area (Å²) in [4.78, 5) is 3.76. The summed E-state index contributed by atoms with van der Waals surface area (Å²) in [6, 6.07) is 0. The van der Waals surface area contributed by atoms with Crippen molar-refractivity contribution in [3.63, 3.8) is 0 Å². The van der Waals surface area contributed by atoms with Crippen LogP contribution in [-0.4, -0.2) is 11.3 Å². The third-order valence-electron chi connectivity index (χ3n) is 0.713. The van der Waals surface area contributed by atoms with Crippen LogP contribution in [0, 0.1) is 0 Å². The van der Waals surface area contributed by atoms with E-state index in [2.05, 4.69) is 11.6 Å². The van der Waals surface area contributed by atoms with Crippen LogP contribution < -0.4 is 0 Å². The first-order chi connectivity index (χ1) is 4.16. The van der Waals surface area contributed by atoms with Gasteiger partial charge < -0.3 is 5.11 Å². The molecular formula is C7H11NO. The second-order valence-electron chi connectivity index (χ2n) is 1.71. The number of rotatable bonds is 2. The minimum atomic E-state index is 0.165. The molecule has 0 aromatic rings. The third kappa shape index (κ3) is 4.81. The molecule has 9 heavy (non-hydrogen) atoms. The van der Waals surface area contributed by atoms with E-state index in [1.165, 1.54) is 6.21 Å². The van der Waals surface area contributed by atoms with Gasteiger partial charge in [-0.15, -0.1) is 0 Å². The zero-order valence-electron chi connectivity index (χ0n) is 5.76. The number of allylic oxidation sites excluding steroid dienone is 3. The van der Waals surface area contributed by atoms with E-state index in [1.807, 2.05) is 0 Å². The summed E-state index contributed by atoms with van der Waals surface area (Å²) >= 11 is 0. The summed E-state index contributed by atoms with van der Waals surface area (Å²) in [6.45, 7) is 7.02. The molecular weight excluding hydrogens is 114 g/mol. The summed E-state index contributed by atoms with van der Waals surface area (Å²) in [7, 11) is 0. The second-order valence-corrected chi connectivity index (χ2v) is 1.71. The monoisotopic (exact) mass is 125 g/mol. The Balaban J connectivity index is 3.86. The fourth-order valence-electron chi connectivity index (χ4n) is 0.251. The van der Waals surface area contributed by atoms with Gasteiger partial charge >= 0.3 is 0 Å². The molecule has 2 nitrogen and oxygen atoms in total. The van der Waals surface area contributed by atoms with Gasteiger partial charge in [-0.25, -0.2) is 0 Å². The molecule has 0 aliphatic carbocycles. The number of aliphatic hydroxyl groups is 1. The lowest BCUT2D eigenvalue weighted by atomic mass is 10.5. The van der Waals surface area contributed by atoms with E-state index < -0.39 is 0 Å². The van der Waals surface area contributed by atoms with Gasteiger partial charge in [0.15, 0.2) is 0 Å². The van der Waals surface area contributed by atoms with E-state index in [0.29, 0.717) is 5.70 Å². The maximum absolute atomic E-state index is 8.78. The Morgan fingerprint density at radius 2 is 2.22 bits per heavy atom. The molecule has 0 saturated carbocycles. The van der Waals surface area contributed by atoms with E-state index in [9.17, 15) is 0 Å². The highest BCUT2D eigenvalue weighted by Crippen LogP contribution is 1.88. The molecule has 0 rings (SSSR count). The number of hydrogen-bond donors (Lipinski definition) is 1. The van der Waals surface area contributed by atoms with Crippen molar-refractivity contribution < 1.29 is 5.11 Å². The van der Waals surface area contributed by atoms with Gasteiger partial charge in [0.2, 0.25) is 0 Å². The fourth-order valence-corrected chi connectivity index (χ4v) is 0.251. The van der Waals surface area contributed by atoms with E-state index in [-0.39, 0.29) is 5.76 Å². The normalized spacial score (nSPS) is 12.4. The smallest absolute Gasteiger partial charge is 0.129 e. The molecule has 0 aliphatic heterocycles. The van der Waals surface area contributed by atoms with Gasteiger partial charge in [0.1, 0.15) is 5.76 Å². The van der Waals surface area contributed by atoms with Crippen LogP contribution >= 0.6 is 0 Å². The average Bonchev–Trinajstić information content (AvgIpc) is 1.83. The van der Waals surface area contributed by atoms with Crippen LogP contribution in [-0.2, 0) is 0 Å². The molecule has 0 fully saturated rings. The van der Waals surface area contributed by atoms with E-state index >= 15 is 0 Å². The minimum Gasteiger partial charge on any atom is -0.507 e. The van der Waals surface area contributed by atoms with Crippen molar-refractivity contribution in [3.8, 4) is 0 Å². The van der Waals surface area contributed by atoms with Crippen molar-refractivity contribution >= 4 is 6.21 Å². The topological polar surface area (TPSA) is 32.6 Å². The molecule has 0 bridgehead atoms.